The normalized spacial score (nSPS) is 19.5. The Kier molecular flexibility index (Phi) is 9.30. The fourth-order valence-electron chi connectivity index (χ4n) is 5.50. The van der Waals surface area contributed by atoms with Gasteiger partial charge in [-0.25, -0.2) is 9.97 Å². The standard InChI is InChI=1S/C26H35Cl2N7O3/c1-3-19-15-34(26-23(28)31-22(25(30)37)24(29)32-26)10-11-35(19)20-6-8-33(9-7-20)14-16-4-5-18(27)12-17(16)13-21(36)38-2/h4-5,12,19-20H,3,6-11,13-15H2,1-2H3,(H2,29,32)(H2,30,37)/t19-/m0/s1. The molecule has 2 saturated heterocycles. The van der Waals surface area contributed by atoms with E-state index in [0.29, 0.717) is 22.9 Å². The maximum Gasteiger partial charge on any atom is 0.309 e. The van der Waals surface area contributed by atoms with Crippen LogP contribution in [0.4, 0.5) is 11.6 Å². The number of carbonyl (C=O) groups is 2. The summed E-state index contributed by atoms with van der Waals surface area (Å²) in [5.41, 5.74) is 13.2. The van der Waals surface area contributed by atoms with Crippen molar-refractivity contribution in [1.82, 2.24) is 19.8 Å². The number of nitrogens with zero attached hydrogens (tertiary/aromatic N) is 5. The van der Waals surface area contributed by atoms with Crippen molar-refractivity contribution in [2.45, 2.75) is 51.2 Å². The smallest absolute Gasteiger partial charge is 0.309 e. The van der Waals surface area contributed by atoms with Gasteiger partial charge in [0.2, 0.25) is 0 Å². The lowest BCUT2D eigenvalue weighted by atomic mass is 9.97. The third kappa shape index (κ3) is 6.48. The number of rotatable bonds is 8. The van der Waals surface area contributed by atoms with Crippen LogP contribution in [0.5, 0.6) is 0 Å². The van der Waals surface area contributed by atoms with Crippen LogP contribution in [-0.2, 0) is 22.5 Å². The Labute approximate surface area is 233 Å². The van der Waals surface area contributed by atoms with Crippen molar-refractivity contribution in [1.29, 1.82) is 0 Å². The highest BCUT2D eigenvalue weighted by atomic mass is 35.5. The van der Waals surface area contributed by atoms with Gasteiger partial charge >= 0.3 is 5.97 Å². The molecule has 2 aromatic rings. The maximum absolute atomic E-state index is 11.9. The summed E-state index contributed by atoms with van der Waals surface area (Å²) in [5, 5.41) is 0.758. The molecule has 12 heteroatoms. The molecule has 3 heterocycles. The lowest BCUT2D eigenvalue weighted by Gasteiger charge is -2.47. The number of likely N-dealkylation sites (tertiary alicyclic amines) is 1. The number of esters is 1. The molecule has 0 bridgehead atoms. The van der Waals surface area contributed by atoms with Crippen LogP contribution >= 0.6 is 23.2 Å². The number of ether oxygens (including phenoxy) is 1. The van der Waals surface area contributed by atoms with Gasteiger partial charge in [-0.15, -0.1) is 0 Å². The van der Waals surface area contributed by atoms with E-state index in [9.17, 15) is 9.59 Å². The molecule has 10 nitrogen and oxygen atoms in total. The SMILES string of the molecule is CC[C@H]1CN(c2nc(N)c(C(N)=O)nc2Cl)CCN1C1CCN(Cc2ccc(Cl)cc2CC(=O)OC)CC1. The summed E-state index contributed by atoms with van der Waals surface area (Å²) in [7, 11) is 1.40. The number of piperazine rings is 1. The average molecular weight is 565 g/mol. The average Bonchev–Trinajstić information content (AvgIpc) is 2.91. The zero-order chi connectivity index (χ0) is 27.4. The van der Waals surface area contributed by atoms with Crippen molar-refractivity contribution in [2.24, 2.45) is 5.73 Å². The van der Waals surface area contributed by atoms with E-state index in [1.807, 2.05) is 18.2 Å². The Morgan fingerprint density at radius 1 is 1.11 bits per heavy atom. The first-order chi connectivity index (χ1) is 18.2. The van der Waals surface area contributed by atoms with Crippen molar-refractivity contribution in [3.63, 3.8) is 0 Å². The molecule has 0 radical (unpaired) electrons. The minimum atomic E-state index is -0.748. The molecule has 0 saturated carbocycles. The molecule has 1 atom stereocenters. The third-order valence-corrected chi connectivity index (χ3v) is 8.04. The van der Waals surface area contributed by atoms with Gasteiger partial charge in [0.15, 0.2) is 22.5 Å². The zero-order valence-corrected chi connectivity index (χ0v) is 23.3. The lowest BCUT2D eigenvalue weighted by Crippen LogP contribution is -2.58. The third-order valence-electron chi connectivity index (χ3n) is 7.55. The Morgan fingerprint density at radius 3 is 2.50 bits per heavy atom. The lowest BCUT2D eigenvalue weighted by molar-refractivity contribution is -0.139. The summed E-state index contributed by atoms with van der Waals surface area (Å²) in [6.45, 7) is 7.29. The van der Waals surface area contributed by atoms with E-state index in [1.54, 1.807) is 0 Å². The predicted molar refractivity (Wildman–Crippen MR) is 148 cm³/mol. The van der Waals surface area contributed by atoms with E-state index in [4.69, 9.17) is 39.4 Å². The van der Waals surface area contributed by atoms with Gasteiger partial charge in [0, 0.05) is 43.3 Å². The summed E-state index contributed by atoms with van der Waals surface area (Å²) in [6.07, 6.45) is 3.34. The van der Waals surface area contributed by atoms with E-state index >= 15 is 0 Å². The van der Waals surface area contributed by atoms with E-state index in [2.05, 4.69) is 31.6 Å². The number of piperidine rings is 1. The van der Waals surface area contributed by atoms with E-state index < -0.39 is 5.91 Å². The van der Waals surface area contributed by atoms with Crippen molar-refractivity contribution in [2.75, 3.05) is 50.5 Å². The fraction of sp³-hybridized carbons (Fsp3) is 0.538. The minimum absolute atomic E-state index is 0.00446. The summed E-state index contributed by atoms with van der Waals surface area (Å²) in [4.78, 5) is 39.0. The molecule has 2 fully saturated rings. The van der Waals surface area contributed by atoms with Gasteiger partial charge in [-0.2, -0.15) is 0 Å². The Hall–Kier alpha value is -2.66. The maximum atomic E-state index is 11.9. The summed E-state index contributed by atoms with van der Waals surface area (Å²) < 4.78 is 4.86. The molecule has 0 aliphatic carbocycles. The molecule has 1 aromatic heterocycles. The van der Waals surface area contributed by atoms with Crippen molar-refractivity contribution >= 4 is 46.7 Å². The van der Waals surface area contributed by atoms with E-state index in [-0.39, 0.29) is 29.1 Å². The second kappa shape index (κ2) is 12.5. The molecule has 1 amide bonds. The topological polar surface area (TPSA) is 131 Å². The van der Waals surface area contributed by atoms with Gasteiger partial charge in [-0.3, -0.25) is 19.4 Å². The molecule has 38 heavy (non-hydrogen) atoms. The van der Waals surface area contributed by atoms with Gasteiger partial charge in [0.05, 0.1) is 13.5 Å². The van der Waals surface area contributed by atoms with Crippen molar-refractivity contribution in [3.05, 3.63) is 45.2 Å². The number of aromatic nitrogens is 2. The molecule has 4 rings (SSSR count). The van der Waals surface area contributed by atoms with Crippen LogP contribution in [0.25, 0.3) is 0 Å². The van der Waals surface area contributed by atoms with Gasteiger partial charge in [-0.1, -0.05) is 36.2 Å². The molecule has 206 valence electrons. The number of amides is 1. The molecule has 0 unspecified atom stereocenters. The highest BCUT2D eigenvalue weighted by Crippen LogP contribution is 2.30. The van der Waals surface area contributed by atoms with Crippen LogP contribution in [0, 0.1) is 0 Å². The van der Waals surface area contributed by atoms with E-state index in [0.717, 1.165) is 69.7 Å². The number of nitrogen functional groups attached to an aromatic ring is 1. The van der Waals surface area contributed by atoms with Crippen molar-refractivity contribution in [3.8, 4) is 0 Å². The molecule has 0 spiro atoms. The first-order valence-electron chi connectivity index (χ1n) is 12.9. The predicted octanol–water partition coefficient (Wildman–Crippen LogP) is 2.75. The van der Waals surface area contributed by atoms with Crippen LogP contribution in [0.2, 0.25) is 10.2 Å². The number of benzene rings is 1. The molecular formula is C26H35Cl2N7O3. The summed E-state index contributed by atoms with van der Waals surface area (Å²) in [6, 6.07) is 6.56. The molecule has 2 aliphatic rings. The van der Waals surface area contributed by atoms with Gasteiger partial charge in [-0.05, 0) is 55.6 Å². The fourth-order valence-corrected chi connectivity index (χ4v) is 5.94. The number of carbonyl (C=O) groups excluding carboxylic acids is 2. The van der Waals surface area contributed by atoms with E-state index in [1.165, 1.54) is 7.11 Å². The number of methoxy groups -OCH3 is 1. The van der Waals surface area contributed by atoms with Gasteiger partial charge in [0.1, 0.15) is 0 Å². The Balaban J connectivity index is 1.37. The number of hydrogen-bond donors (Lipinski definition) is 2. The second-order valence-electron chi connectivity index (χ2n) is 9.86. The number of anilines is 2. The number of hydrogen-bond acceptors (Lipinski definition) is 9. The van der Waals surface area contributed by atoms with Crippen molar-refractivity contribution < 1.29 is 14.3 Å². The quantitative estimate of drug-likeness (QED) is 0.465. The highest BCUT2D eigenvalue weighted by molar-refractivity contribution is 6.32. The van der Waals surface area contributed by atoms with Crippen LogP contribution < -0.4 is 16.4 Å². The molecule has 2 aliphatic heterocycles. The van der Waals surface area contributed by atoms with Crippen LogP contribution in [0.1, 0.15) is 47.8 Å². The molecule has 1 aromatic carbocycles. The van der Waals surface area contributed by atoms with Crippen LogP contribution in [0.15, 0.2) is 18.2 Å². The number of halogens is 2. The van der Waals surface area contributed by atoms with Crippen LogP contribution in [-0.4, -0.2) is 83.6 Å². The summed E-state index contributed by atoms with van der Waals surface area (Å²) >= 11 is 12.6. The Bertz CT molecular complexity index is 1170. The first kappa shape index (κ1) is 28.4. The summed E-state index contributed by atoms with van der Waals surface area (Å²) in [5.74, 6) is -0.527. The molecular weight excluding hydrogens is 529 g/mol. The van der Waals surface area contributed by atoms with Gasteiger partial charge < -0.3 is 21.1 Å². The number of nitrogens with two attached hydrogens (primary N) is 2. The first-order valence-corrected chi connectivity index (χ1v) is 13.7. The molecule has 4 N–H and O–H groups in total. The van der Waals surface area contributed by atoms with Crippen LogP contribution in [0.3, 0.4) is 0 Å². The minimum Gasteiger partial charge on any atom is -0.469 e. The monoisotopic (exact) mass is 563 g/mol. The second-order valence-corrected chi connectivity index (χ2v) is 10.6. The zero-order valence-electron chi connectivity index (χ0n) is 21.8. The number of primary amides is 1. The largest absolute Gasteiger partial charge is 0.469 e. The Morgan fingerprint density at radius 2 is 1.84 bits per heavy atom. The van der Waals surface area contributed by atoms with Gasteiger partial charge in [0.25, 0.3) is 5.91 Å². The highest BCUT2D eigenvalue weighted by Gasteiger charge is 2.34.